The number of benzene rings is 4. The smallest absolute Gasteiger partial charge is 0.768 e. The zero-order chi connectivity index (χ0) is 26.9. The Bertz CT molecular complexity index is 1330. The van der Waals surface area contributed by atoms with E-state index < -0.39 is 28.9 Å². The zero-order valence-corrected chi connectivity index (χ0v) is 24.2. The standard InChI is InChI=1S/C21H20N2O3S.C10H14.Ru/c22-20(15-9-5-2-6-10-15)19(14-7-3-1-4-8-14)17-13-16(21(23)24)11-12-18(17)27(25)26;1-8(2)10-6-4-9(3)5-7-10;/h1-13,19-20H,22H2,(H3,23,24,25,26);4-8H,1-3H3;/q;;+2/p-2/t19-,20+;;/m0../s1. The van der Waals surface area contributed by atoms with E-state index in [0.717, 1.165) is 11.1 Å². The SMILES string of the molecule is Cc1ccc(C(C)C)cc1.[NH-]C(=O)c1ccc(S(=O)[O-])c([C@H](c2ccccc2)[C@H](N)c2ccccc2)c1.[Ru+2]. The van der Waals surface area contributed by atoms with Gasteiger partial charge in [-0.1, -0.05) is 110 Å². The van der Waals surface area contributed by atoms with E-state index >= 15 is 0 Å². The summed E-state index contributed by atoms with van der Waals surface area (Å²) in [5.41, 5.74) is 18.9. The first-order valence-electron chi connectivity index (χ1n) is 12.1. The van der Waals surface area contributed by atoms with Crippen LogP contribution in [0.3, 0.4) is 0 Å². The van der Waals surface area contributed by atoms with Gasteiger partial charge in [0.25, 0.3) is 0 Å². The molecule has 0 saturated heterocycles. The second-order valence-corrected chi connectivity index (χ2v) is 10.1. The minimum absolute atomic E-state index is 0. The molecule has 0 aliphatic carbocycles. The van der Waals surface area contributed by atoms with E-state index in [1.807, 2.05) is 60.7 Å². The van der Waals surface area contributed by atoms with Crippen molar-refractivity contribution in [3.8, 4) is 0 Å². The van der Waals surface area contributed by atoms with Crippen molar-refractivity contribution >= 4 is 17.0 Å². The van der Waals surface area contributed by atoms with Gasteiger partial charge in [0.15, 0.2) is 0 Å². The largest absolute Gasteiger partial charge is 2.00 e. The van der Waals surface area contributed by atoms with Gasteiger partial charge in [0, 0.05) is 16.9 Å². The molecule has 38 heavy (non-hydrogen) atoms. The predicted octanol–water partition coefficient (Wildman–Crippen LogP) is 7.06. The summed E-state index contributed by atoms with van der Waals surface area (Å²) in [6.07, 6.45) is 0. The molecule has 0 radical (unpaired) electrons. The monoisotopic (exact) mass is 614 g/mol. The van der Waals surface area contributed by atoms with Gasteiger partial charge in [-0.2, -0.15) is 0 Å². The second kappa shape index (κ2) is 14.8. The molecule has 5 nitrogen and oxygen atoms in total. The van der Waals surface area contributed by atoms with Crippen molar-refractivity contribution in [1.82, 2.24) is 0 Å². The summed E-state index contributed by atoms with van der Waals surface area (Å²) < 4.78 is 23.7. The molecule has 1 amide bonds. The normalized spacial score (nSPS) is 12.9. The van der Waals surface area contributed by atoms with Crippen LogP contribution in [0.2, 0.25) is 0 Å². The number of aryl methyl sites for hydroxylation is 1. The molecule has 3 N–H and O–H groups in total. The number of carbonyl (C=O) groups is 1. The van der Waals surface area contributed by atoms with Gasteiger partial charge >= 0.3 is 19.5 Å². The summed E-state index contributed by atoms with van der Waals surface area (Å²) in [5, 5.41) is 0. The molecule has 0 bridgehead atoms. The van der Waals surface area contributed by atoms with Crippen molar-refractivity contribution in [3.05, 3.63) is 142 Å². The molecule has 4 aromatic rings. The maximum atomic E-state index is 11.8. The Balaban J connectivity index is 0.000000389. The molecule has 0 spiro atoms. The van der Waals surface area contributed by atoms with E-state index in [0.29, 0.717) is 11.5 Å². The van der Waals surface area contributed by atoms with Crippen LogP contribution >= 0.6 is 0 Å². The van der Waals surface area contributed by atoms with Gasteiger partial charge < -0.3 is 20.8 Å². The van der Waals surface area contributed by atoms with Gasteiger partial charge in [-0.05, 0) is 63.9 Å². The van der Waals surface area contributed by atoms with Crippen LogP contribution in [0.25, 0.3) is 5.73 Å². The number of amides is 1. The van der Waals surface area contributed by atoms with Crippen LogP contribution in [0, 0.1) is 6.92 Å². The molecule has 3 atom stereocenters. The Morgan fingerprint density at radius 1 is 0.816 bits per heavy atom. The summed E-state index contributed by atoms with van der Waals surface area (Å²) in [4.78, 5) is 11.6. The molecule has 7 heteroatoms. The Hall–Kier alpha value is -2.96. The molecule has 0 heterocycles. The molecule has 198 valence electrons. The third kappa shape index (κ3) is 8.27. The number of rotatable bonds is 7. The average molecular weight is 614 g/mol. The van der Waals surface area contributed by atoms with E-state index in [9.17, 15) is 13.6 Å². The van der Waals surface area contributed by atoms with Crippen molar-refractivity contribution in [3.63, 3.8) is 0 Å². The van der Waals surface area contributed by atoms with Crippen LogP contribution in [-0.2, 0) is 30.6 Å². The first kappa shape index (κ1) is 31.3. The Labute approximate surface area is 240 Å². The second-order valence-electron chi connectivity index (χ2n) is 9.21. The Morgan fingerprint density at radius 3 is 1.82 bits per heavy atom. The van der Waals surface area contributed by atoms with Gasteiger partial charge in [-0.15, -0.1) is 0 Å². The third-order valence-corrected chi connectivity index (χ3v) is 6.96. The van der Waals surface area contributed by atoms with Crippen molar-refractivity contribution in [2.75, 3.05) is 0 Å². The summed E-state index contributed by atoms with van der Waals surface area (Å²) in [6, 6.07) is 31.0. The quantitative estimate of drug-likeness (QED) is 0.178. The summed E-state index contributed by atoms with van der Waals surface area (Å²) in [5.74, 6) is -0.721. The number of hydrogen-bond acceptors (Lipinski definition) is 4. The van der Waals surface area contributed by atoms with Crippen molar-refractivity contribution in [1.29, 1.82) is 0 Å². The minimum Gasteiger partial charge on any atom is -0.768 e. The van der Waals surface area contributed by atoms with Crippen molar-refractivity contribution in [2.24, 2.45) is 5.73 Å². The van der Waals surface area contributed by atoms with Gasteiger partial charge in [0.1, 0.15) is 0 Å². The summed E-state index contributed by atoms with van der Waals surface area (Å²) in [6.45, 7) is 6.54. The summed E-state index contributed by atoms with van der Waals surface area (Å²) in [7, 11) is 0. The fraction of sp³-hybridized carbons (Fsp3) is 0.194. The van der Waals surface area contributed by atoms with Gasteiger partial charge in [0.2, 0.25) is 0 Å². The van der Waals surface area contributed by atoms with Gasteiger partial charge in [-0.3, -0.25) is 4.21 Å². The molecule has 0 aromatic heterocycles. The first-order chi connectivity index (χ1) is 17.7. The molecule has 0 fully saturated rings. The molecule has 0 aliphatic heterocycles. The number of carbonyl (C=O) groups excluding carboxylic acids is 1. The predicted molar refractivity (Wildman–Crippen MR) is 149 cm³/mol. The molecule has 1 unspecified atom stereocenters. The first-order valence-corrected chi connectivity index (χ1v) is 13.2. The maximum Gasteiger partial charge on any atom is 2.00 e. The van der Waals surface area contributed by atoms with Gasteiger partial charge in [-0.25, -0.2) is 0 Å². The Morgan fingerprint density at radius 2 is 1.34 bits per heavy atom. The molecule has 4 aromatic carbocycles. The zero-order valence-electron chi connectivity index (χ0n) is 21.6. The fourth-order valence-corrected chi connectivity index (χ4v) is 4.70. The van der Waals surface area contributed by atoms with Crippen LogP contribution in [0.15, 0.2) is 108 Å². The van der Waals surface area contributed by atoms with Crippen molar-refractivity contribution < 1.29 is 33.0 Å². The van der Waals surface area contributed by atoms with Crippen LogP contribution < -0.4 is 5.73 Å². The van der Waals surface area contributed by atoms with E-state index in [4.69, 9.17) is 11.5 Å². The third-order valence-electron chi connectivity index (χ3n) is 6.23. The van der Waals surface area contributed by atoms with E-state index in [1.165, 1.54) is 29.3 Å². The van der Waals surface area contributed by atoms with E-state index in [-0.39, 0.29) is 29.9 Å². The maximum absolute atomic E-state index is 11.8. The van der Waals surface area contributed by atoms with Crippen LogP contribution in [0.1, 0.15) is 69.9 Å². The van der Waals surface area contributed by atoms with Crippen LogP contribution in [0.4, 0.5) is 0 Å². The number of nitrogens with one attached hydrogen (secondary N) is 1. The number of hydrogen-bond donors (Lipinski definition) is 1. The molecular weight excluding hydrogens is 581 g/mol. The topological polar surface area (TPSA) is 107 Å². The fourth-order valence-electron chi connectivity index (χ4n) is 4.14. The Kier molecular flexibility index (Phi) is 12.2. The van der Waals surface area contributed by atoms with Crippen LogP contribution in [0.5, 0.6) is 0 Å². The molecular formula is C31H32N2O3RuS. The average Bonchev–Trinajstić information content (AvgIpc) is 2.90. The minimum atomic E-state index is -2.51. The molecule has 0 aliphatic rings. The van der Waals surface area contributed by atoms with E-state index in [2.05, 4.69) is 45.0 Å². The van der Waals surface area contributed by atoms with Gasteiger partial charge in [0.05, 0.1) is 5.91 Å². The van der Waals surface area contributed by atoms with Crippen LogP contribution in [-0.4, -0.2) is 14.7 Å². The van der Waals surface area contributed by atoms with Crippen molar-refractivity contribution in [2.45, 2.75) is 43.5 Å². The van der Waals surface area contributed by atoms with E-state index in [1.54, 1.807) is 0 Å². The summed E-state index contributed by atoms with van der Waals surface area (Å²) >= 11 is -2.51. The molecule has 0 saturated carbocycles. The number of nitrogens with two attached hydrogens (primary N) is 1. The molecule has 4 rings (SSSR count).